The lowest BCUT2D eigenvalue weighted by molar-refractivity contribution is -0.131. The van der Waals surface area contributed by atoms with Crippen LogP contribution in [0.25, 0.3) is 6.08 Å². The quantitative estimate of drug-likeness (QED) is 0.780. The molecule has 154 valence electrons. The molecule has 8 heteroatoms. The Morgan fingerprint density at radius 1 is 1.03 bits per heavy atom. The number of likely N-dealkylation sites (N-methyl/N-ethyl adjacent to an activating group) is 1. The third-order valence-electron chi connectivity index (χ3n) is 4.87. The van der Waals surface area contributed by atoms with Gasteiger partial charge in [-0.1, -0.05) is 30.3 Å². The number of carbonyl (C=O) groups is 1. The molecule has 0 aromatic heterocycles. The third-order valence-corrected chi connectivity index (χ3v) is 6.35. The maximum atomic E-state index is 12.6. The van der Waals surface area contributed by atoms with E-state index in [1.807, 2.05) is 42.5 Å². The number of hydrogen-bond donors (Lipinski definition) is 1. The fourth-order valence-electron chi connectivity index (χ4n) is 3.09. The van der Waals surface area contributed by atoms with Gasteiger partial charge in [0.15, 0.2) is 0 Å². The maximum Gasteiger partial charge on any atom is 0.238 e. The second-order valence-electron chi connectivity index (χ2n) is 6.90. The van der Waals surface area contributed by atoms with Gasteiger partial charge < -0.3 is 14.9 Å². The smallest absolute Gasteiger partial charge is 0.238 e. The van der Waals surface area contributed by atoms with Gasteiger partial charge in [0, 0.05) is 44.3 Å². The van der Waals surface area contributed by atoms with Crippen molar-refractivity contribution in [1.82, 2.24) is 9.21 Å². The summed E-state index contributed by atoms with van der Waals surface area (Å²) >= 11 is 0. The van der Waals surface area contributed by atoms with Crippen molar-refractivity contribution in [3.63, 3.8) is 0 Å². The summed E-state index contributed by atoms with van der Waals surface area (Å²) in [6.45, 7) is 2.16. The van der Waals surface area contributed by atoms with Gasteiger partial charge in [0.05, 0.1) is 6.54 Å². The molecule has 0 bridgehead atoms. The molecule has 1 aliphatic rings. The van der Waals surface area contributed by atoms with Crippen LogP contribution in [0.15, 0.2) is 60.0 Å². The molecule has 0 spiro atoms. The van der Waals surface area contributed by atoms with Crippen molar-refractivity contribution in [1.29, 1.82) is 0 Å². The number of carbonyl (C=O) groups excluding carboxylic acids is 1. The van der Waals surface area contributed by atoms with E-state index in [4.69, 9.17) is 0 Å². The molecule has 2 aromatic carbocycles. The van der Waals surface area contributed by atoms with Crippen LogP contribution in [-0.2, 0) is 14.8 Å². The molecular formula is C21H25N3O4S. The van der Waals surface area contributed by atoms with E-state index in [0.717, 1.165) is 21.0 Å². The number of nitrogens with zero attached hydrogens (tertiary/aromatic N) is 3. The lowest BCUT2D eigenvalue weighted by atomic mass is 10.2. The number of amides is 1. The van der Waals surface area contributed by atoms with Gasteiger partial charge in [-0.2, -0.15) is 4.31 Å². The molecule has 1 fully saturated rings. The fourth-order valence-corrected chi connectivity index (χ4v) is 3.92. The molecule has 0 atom stereocenters. The summed E-state index contributed by atoms with van der Waals surface area (Å²) in [4.78, 5) is 16.4. The van der Waals surface area contributed by atoms with Gasteiger partial charge in [0.25, 0.3) is 0 Å². The van der Waals surface area contributed by atoms with Crippen LogP contribution in [-0.4, -0.2) is 68.4 Å². The van der Waals surface area contributed by atoms with Crippen molar-refractivity contribution in [3.8, 4) is 5.75 Å². The van der Waals surface area contributed by atoms with Crippen LogP contribution >= 0.6 is 0 Å². The minimum atomic E-state index is -3.68. The van der Waals surface area contributed by atoms with Crippen LogP contribution in [0.5, 0.6) is 5.75 Å². The molecule has 0 saturated carbocycles. The zero-order valence-electron chi connectivity index (χ0n) is 16.3. The lowest BCUT2D eigenvalue weighted by Gasteiger charge is -2.36. The van der Waals surface area contributed by atoms with Gasteiger partial charge in [0.2, 0.25) is 15.9 Å². The predicted octanol–water partition coefficient (Wildman–Crippen LogP) is 1.97. The molecule has 1 N–H and O–H groups in total. The average molecular weight is 416 g/mol. The summed E-state index contributed by atoms with van der Waals surface area (Å²) in [6.07, 6.45) is 1.52. The van der Waals surface area contributed by atoms with Gasteiger partial charge >= 0.3 is 0 Å². The summed E-state index contributed by atoms with van der Waals surface area (Å²) in [5.41, 5.74) is 1.77. The number of sulfonamides is 1. The Kier molecular flexibility index (Phi) is 6.56. The minimum Gasteiger partial charge on any atom is -0.508 e. The Bertz CT molecular complexity index is 951. The predicted molar refractivity (Wildman–Crippen MR) is 114 cm³/mol. The molecule has 1 saturated heterocycles. The molecule has 1 amide bonds. The number of phenolic OH excluding ortho intramolecular Hbond substituents is 1. The molecule has 1 heterocycles. The molecular weight excluding hydrogens is 390 g/mol. The van der Waals surface area contributed by atoms with Crippen molar-refractivity contribution in [2.24, 2.45) is 0 Å². The summed E-state index contributed by atoms with van der Waals surface area (Å²) < 4.78 is 25.9. The number of benzene rings is 2. The summed E-state index contributed by atoms with van der Waals surface area (Å²) in [5.74, 6) is 0.00247. The summed E-state index contributed by atoms with van der Waals surface area (Å²) in [7, 11) is -2.27. The highest BCUT2D eigenvalue weighted by molar-refractivity contribution is 7.92. The van der Waals surface area contributed by atoms with E-state index in [1.165, 1.54) is 13.1 Å². The Morgan fingerprint density at radius 2 is 1.66 bits per heavy atom. The van der Waals surface area contributed by atoms with Gasteiger partial charge in [0.1, 0.15) is 5.75 Å². The number of rotatable bonds is 6. The Balaban J connectivity index is 1.53. The number of piperazine rings is 1. The van der Waals surface area contributed by atoms with Crippen molar-refractivity contribution in [2.45, 2.75) is 0 Å². The van der Waals surface area contributed by atoms with E-state index < -0.39 is 10.0 Å². The monoisotopic (exact) mass is 415 g/mol. The van der Waals surface area contributed by atoms with Crippen LogP contribution in [0.1, 0.15) is 5.56 Å². The zero-order valence-corrected chi connectivity index (χ0v) is 17.1. The summed E-state index contributed by atoms with van der Waals surface area (Å²) in [5, 5.41) is 10.5. The highest BCUT2D eigenvalue weighted by Crippen LogP contribution is 2.20. The maximum absolute atomic E-state index is 12.6. The van der Waals surface area contributed by atoms with E-state index in [9.17, 15) is 18.3 Å². The van der Waals surface area contributed by atoms with E-state index in [0.29, 0.717) is 26.2 Å². The van der Waals surface area contributed by atoms with E-state index in [1.54, 1.807) is 17.0 Å². The second kappa shape index (κ2) is 9.11. The molecule has 0 unspecified atom stereocenters. The van der Waals surface area contributed by atoms with Crippen molar-refractivity contribution in [3.05, 3.63) is 65.6 Å². The molecule has 29 heavy (non-hydrogen) atoms. The molecule has 0 radical (unpaired) electrons. The third kappa shape index (κ3) is 5.58. The van der Waals surface area contributed by atoms with Crippen LogP contribution in [0, 0.1) is 0 Å². The van der Waals surface area contributed by atoms with E-state index >= 15 is 0 Å². The van der Waals surface area contributed by atoms with Crippen LogP contribution < -0.4 is 4.90 Å². The van der Waals surface area contributed by atoms with E-state index in [2.05, 4.69) is 4.90 Å². The Morgan fingerprint density at radius 3 is 2.28 bits per heavy atom. The van der Waals surface area contributed by atoms with Gasteiger partial charge in [-0.15, -0.1) is 0 Å². The van der Waals surface area contributed by atoms with E-state index in [-0.39, 0.29) is 18.2 Å². The number of aromatic hydroxyl groups is 1. The first-order valence-corrected chi connectivity index (χ1v) is 10.9. The van der Waals surface area contributed by atoms with Gasteiger partial charge in [-0.05, 0) is 35.9 Å². The van der Waals surface area contributed by atoms with Crippen LogP contribution in [0.4, 0.5) is 5.69 Å². The SMILES string of the molecule is CN(CC(=O)N1CCN(c2ccc(O)cc2)CC1)S(=O)(=O)/C=C/c1ccccc1. The Hall–Kier alpha value is -2.84. The number of phenols is 1. The van der Waals surface area contributed by atoms with Crippen molar-refractivity contribution >= 4 is 27.7 Å². The zero-order chi connectivity index (χ0) is 20.9. The highest BCUT2D eigenvalue weighted by Gasteiger charge is 2.25. The van der Waals surface area contributed by atoms with Crippen LogP contribution in [0.3, 0.4) is 0 Å². The molecule has 2 aromatic rings. The van der Waals surface area contributed by atoms with Gasteiger partial charge in [-0.3, -0.25) is 4.79 Å². The largest absolute Gasteiger partial charge is 0.508 e. The fraction of sp³-hybridized carbons (Fsp3) is 0.286. The molecule has 3 rings (SSSR count). The van der Waals surface area contributed by atoms with Crippen LogP contribution in [0.2, 0.25) is 0 Å². The van der Waals surface area contributed by atoms with Crippen molar-refractivity contribution < 1.29 is 18.3 Å². The Labute approximate surface area is 171 Å². The summed E-state index contributed by atoms with van der Waals surface area (Å²) in [6, 6.07) is 16.1. The normalized spacial score (nSPS) is 15.2. The minimum absolute atomic E-state index is 0.194. The molecule has 7 nitrogen and oxygen atoms in total. The first-order valence-electron chi connectivity index (χ1n) is 9.36. The second-order valence-corrected chi connectivity index (χ2v) is 8.82. The van der Waals surface area contributed by atoms with Gasteiger partial charge in [-0.25, -0.2) is 8.42 Å². The number of hydrogen-bond acceptors (Lipinski definition) is 5. The highest BCUT2D eigenvalue weighted by atomic mass is 32.2. The van der Waals surface area contributed by atoms with Crippen molar-refractivity contribution in [2.75, 3.05) is 44.7 Å². The topological polar surface area (TPSA) is 81.2 Å². The standard InChI is InChI=1S/C21H25N3O4S/c1-22(29(27,28)16-11-18-5-3-2-4-6-18)17-21(26)24-14-12-23(13-15-24)19-7-9-20(25)10-8-19/h2-11,16,25H,12-15,17H2,1H3/b16-11+. The number of anilines is 1. The first kappa shape index (κ1) is 20.9. The average Bonchev–Trinajstić information content (AvgIpc) is 2.74. The molecule has 0 aliphatic carbocycles. The first-order chi connectivity index (χ1) is 13.8. The molecule has 1 aliphatic heterocycles. The lowest BCUT2D eigenvalue weighted by Crippen LogP contribution is -2.51.